The quantitative estimate of drug-likeness (QED) is 0.512. The van der Waals surface area contributed by atoms with Crippen LogP contribution < -0.4 is 10.6 Å². The minimum absolute atomic E-state index is 0.0996. The fourth-order valence-corrected chi connectivity index (χ4v) is 4.57. The van der Waals surface area contributed by atoms with Gasteiger partial charge in [0, 0.05) is 35.8 Å². The van der Waals surface area contributed by atoms with E-state index in [2.05, 4.69) is 34.9 Å². The number of aryl methyl sites for hydroxylation is 1. The van der Waals surface area contributed by atoms with E-state index >= 15 is 0 Å². The first kappa shape index (κ1) is 23.8. The van der Waals surface area contributed by atoms with Gasteiger partial charge < -0.3 is 20.3 Å². The molecule has 4 rings (SSSR count). The van der Waals surface area contributed by atoms with E-state index in [0.29, 0.717) is 18.2 Å². The van der Waals surface area contributed by atoms with Crippen LogP contribution in [-0.2, 0) is 11.2 Å². The number of hydrogen-bond acceptors (Lipinski definition) is 4. The number of carbonyl (C=O) groups is 2. The van der Waals surface area contributed by atoms with Crippen LogP contribution in [0.5, 0.6) is 0 Å². The summed E-state index contributed by atoms with van der Waals surface area (Å²) >= 11 is 0. The van der Waals surface area contributed by atoms with Crippen LogP contribution in [0.25, 0.3) is 10.8 Å². The minimum Gasteiger partial charge on any atom is -0.450 e. The van der Waals surface area contributed by atoms with Crippen molar-refractivity contribution in [2.45, 2.75) is 39.2 Å². The van der Waals surface area contributed by atoms with Gasteiger partial charge in [0.05, 0.1) is 6.61 Å². The predicted molar refractivity (Wildman–Crippen MR) is 136 cm³/mol. The number of benzene rings is 3. The van der Waals surface area contributed by atoms with Gasteiger partial charge in [-0.15, -0.1) is 0 Å². The van der Waals surface area contributed by atoms with Gasteiger partial charge in [-0.05, 0) is 68.8 Å². The van der Waals surface area contributed by atoms with Gasteiger partial charge in [0.15, 0.2) is 0 Å². The standard InChI is InChI=1S/C28H33N3O3/c1-3-34-28(33)31-17-14-23(15-18-31)29-16-13-21-8-5-11-25-24(21)10-6-12-26(25)30-27(32)22-9-4-7-20(2)19-22/h4-12,19,23,29H,3,13-18H2,1-2H3,(H,30,32). The Kier molecular flexibility index (Phi) is 7.80. The Bertz CT molecular complexity index is 1150. The highest BCUT2D eigenvalue weighted by Crippen LogP contribution is 2.27. The second-order valence-corrected chi connectivity index (χ2v) is 8.81. The number of carbonyl (C=O) groups excluding carboxylic acids is 2. The molecule has 0 spiro atoms. The summed E-state index contributed by atoms with van der Waals surface area (Å²) in [6.07, 6.45) is 2.56. The number of fused-ring (bicyclic) bond motifs is 1. The summed E-state index contributed by atoms with van der Waals surface area (Å²) < 4.78 is 5.10. The fraction of sp³-hybridized carbons (Fsp3) is 0.357. The van der Waals surface area contributed by atoms with E-state index in [1.54, 1.807) is 4.90 Å². The summed E-state index contributed by atoms with van der Waals surface area (Å²) in [7, 11) is 0. The average molecular weight is 460 g/mol. The minimum atomic E-state index is -0.206. The highest BCUT2D eigenvalue weighted by atomic mass is 16.6. The maximum atomic E-state index is 12.8. The number of piperidine rings is 1. The Morgan fingerprint density at radius 3 is 2.50 bits per heavy atom. The summed E-state index contributed by atoms with van der Waals surface area (Å²) in [4.78, 5) is 26.5. The molecule has 0 radical (unpaired) electrons. The van der Waals surface area contributed by atoms with Gasteiger partial charge in [-0.25, -0.2) is 4.79 Å². The zero-order valence-electron chi connectivity index (χ0n) is 20.0. The van der Waals surface area contributed by atoms with Gasteiger partial charge in [0.1, 0.15) is 0 Å². The molecule has 2 amide bonds. The Morgan fingerprint density at radius 1 is 1.00 bits per heavy atom. The van der Waals surface area contributed by atoms with Crippen molar-refractivity contribution in [1.29, 1.82) is 0 Å². The average Bonchev–Trinajstić information content (AvgIpc) is 2.85. The largest absolute Gasteiger partial charge is 0.450 e. The molecule has 3 aromatic rings. The number of amides is 2. The third kappa shape index (κ3) is 5.75. The lowest BCUT2D eigenvalue weighted by molar-refractivity contribution is 0.0951. The van der Waals surface area contributed by atoms with Crippen molar-refractivity contribution in [3.05, 3.63) is 77.4 Å². The van der Waals surface area contributed by atoms with Gasteiger partial charge in [-0.3, -0.25) is 4.79 Å². The molecule has 34 heavy (non-hydrogen) atoms. The molecule has 1 heterocycles. The van der Waals surface area contributed by atoms with E-state index in [-0.39, 0.29) is 12.0 Å². The normalized spacial score (nSPS) is 14.2. The van der Waals surface area contributed by atoms with Crippen LogP contribution in [0.4, 0.5) is 10.5 Å². The number of rotatable bonds is 7. The molecule has 1 aliphatic heterocycles. The zero-order chi connectivity index (χ0) is 23.9. The van der Waals surface area contributed by atoms with Crippen LogP contribution in [0.1, 0.15) is 41.3 Å². The first-order chi connectivity index (χ1) is 16.5. The molecule has 1 fully saturated rings. The third-order valence-electron chi connectivity index (χ3n) is 6.39. The molecular formula is C28H33N3O3. The van der Waals surface area contributed by atoms with Crippen LogP contribution in [0.15, 0.2) is 60.7 Å². The fourth-order valence-electron chi connectivity index (χ4n) is 4.57. The zero-order valence-corrected chi connectivity index (χ0v) is 20.0. The Hall–Kier alpha value is -3.38. The summed E-state index contributed by atoms with van der Waals surface area (Å²) in [5, 5.41) is 8.94. The maximum Gasteiger partial charge on any atom is 0.409 e. The van der Waals surface area contributed by atoms with E-state index < -0.39 is 0 Å². The SMILES string of the molecule is CCOC(=O)N1CCC(NCCc2cccc3c(NC(=O)c4cccc(C)c4)cccc23)CC1. The lowest BCUT2D eigenvalue weighted by Crippen LogP contribution is -2.45. The summed E-state index contributed by atoms with van der Waals surface area (Å²) in [5.74, 6) is -0.0996. The van der Waals surface area contributed by atoms with Crippen molar-refractivity contribution in [1.82, 2.24) is 10.2 Å². The van der Waals surface area contributed by atoms with Crippen LogP contribution in [0.2, 0.25) is 0 Å². The number of nitrogens with zero attached hydrogens (tertiary/aromatic N) is 1. The highest BCUT2D eigenvalue weighted by Gasteiger charge is 2.23. The van der Waals surface area contributed by atoms with E-state index in [0.717, 1.165) is 60.9 Å². The second kappa shape index (κ2) is 11.2. The van der Waals surface area contributed by atoms with Crippen LogP contribution in [0, 0.1) is 6.92 Å². The molecule has 178 valence electrons. The number of anilines is 1. The molecule has 3 aromatic carbocycles. The number of nitrogens with one attached hydrogen (secondary N) is 2. The van der Waals surface area contributed by atoms with Crippen molar-refractivity contribution in [3.63, 3.8) is 0 Å². The van der Waals surface area contributed by atoms with Gasteiger partial charge in [0.25, 0.3) is 5.91 Å². The highest BCUT2D eigenvalue weighted by molar-refractivity contribution is 6.09. The number of ether oxygens (including phenoxy) is 1. The summed E-state index contributed by atoms with van der Waals surface area (Å²) in [6.45, 7) is 6.56. The summed E-state index contributed by atoms with van der Waals surface area (Å²) in [5.41, 5.74) is 3.80. The van der Waals surface area contributed by atoms with Crippen LogP contribution in [0.3, 0.4) is 0 Å². The van der Waals surface area contributed by atoms with Crippen molar-refractivity contribution in [3.8, 4) is 0 Å². The van der Waals surface area contributed by atoms with Gasteiger partial charge in [0.2, 0.25) is 0 Å². The molecule has 0 atom stereocenters. The molecular weight excluding hydrogens is 426 g/mol. The van der Waals surface area contributed by atoms with Crippen molar-refractivity contribution < 1.29 is 14.3 Å². The van der Waals surface area contributed by atoms with Crippen molar-refractivity contribution >= 4 is 28.5 Å². The molecule has 6 nitrogen and oxygen atoms in total. The summed E-state index contributed by atoms with van der Waals surface area (Å²) in [6, 6.07) is 20.4. The number of hydrogen-bond donors (Lipinski definition) is 2. The lowest BCUT2D eigenvalue weighted by atomic mass is 10.00. The molecule has 0 bridgehead atoms. The first-order valence-corrected chi connectivity index (χ1v) is 12.1. The molecule has 0 saturated carbocycles. The Balaban J connectivity index is 1.37. The van der Waals surface area contributed by atoms with E-state index in [9.17, 15) is 9.59 Å². The van der Waals surface area contributed by atoms with Crippen LogP contribution in [-0.4, -0.2) is 49.2 Å². The monoisotopic (exact) mass is 459 g/mol. The maximum absolute atomic E-state index is 12.8. The van der Waals surface area contributed by atoms with Crippen molar-refractivity contribution in [2.75, 3.05) is 31.6 Å². The molecule has 0 aliphatic carbocycles. The molecule has 0 aromatic heterocycles. The molecule has 1 aliphatic rings. The van der Waals surface area contributed by atoms with Gasteiger partial charge in [-0.1, -0.05) is 48.0 Å². The smallest absolute Gasteiger partial charge is 0.409 e. The predicted octanol–water partition coefficient (Wildman–Crippen LogP) is 5.15. The third-order valence-corrected chi connectivity index (χ3v) is 6.39. The van der Waals surface area contributed by atoms with Crippen molar-refractivity contribution in [2.24, 2.45) is 0 Å². The van der Waals surface area contributed by atoms with Gasteiger partial charge in [-0.2, -0.15) is 0 Å². The Morgan fingerprint density at radius 2 is 1.74 bits per heavy atom. The topological polar surface area (TPSA) is 70.7 Å². The first-order valence-electron chi connectivity index (χ1n) is 12.1. The number of likely N-dealkylation sites (tertiary alicyclic amines) is 1. The van der Waals surface area contributed by atoms with E-state index in [4.69, 9.17) is 4.74 Å². The molecule has 6 heteroatoms. The molecule has 1 saturated heterocycles. The second-order valence-electron chi connectivity index (χ2n) is 8.81. The van der Waals surface area contributed by atoms with E-state index in [1.165, 1.54) is 5.56 Å². The Labute approximate surface area is 201 Å². The lowest BCUT2D eigenvalue weighted by Gasteiger charge is -2.31. The van der Waals surface area contributed by atoms with Crippen LogP contribution >= 0.6 is 0 Å². The van der Waals surface area contributed by atoms with E-state index in [1.807, 2.05) is 50.2 Å². The molecule has 2 N–H and O–H groups in total. The van der Waals surface area contributed by atoms with Gasteiger partial charge >= 0.3 is 6.09 Å². The molecule has 0 unspecified atom stereocenters.